The van der Waals surface area contributed by atoms with E-state index in [1.807, 2.05) is 13.0 Å². The predicted octanol–water partition coefficient (Wildman–Crippen LogP) is 2.04. The van der Waals surface area contributed by atoms with Crippen molar-refractivity contribution in [2.75, 3.05) is 5.32 Å². The van der Waals surface area contributed by atoms with Gasteiger partial charge in [0, 0.05) is 12.4 Å². The highest BCUT2D eigenvalue weighted by Gasteiger charge is 2.26. The first-order valence-electron chi connectivity index (χ1n) is 6.54. The number of aromatic nitrogens is 1. The number of benzene rings is 1. The van der Waals surface area contributed by atoms with Gasteiger partial charge in [-0.15, -0.1) is 4.40 Å². The Morgan fingerprint density at radius 2 is 2.14 bits per heavy atom. The number of hydrogen-bond acceptors (Lipinski definition) is 5. The molecule has 0 amide bonds. The molecule has 22 heavy (non-hydrogen) atoms. The van der Waals surface area contributed by atoms with Gasteiger partial charge in [0.2, 0.25) is 5.96 Å². The zero-order valence-corrected chi connectivity index (χ0v) is 12.4. The Kier molecular flexibility index (Phi) is 3.53. The summed E-state index contributed by atoms with van der Waals surface area (Å²) in [6, 6.07) is 6.83. The molecule has 0 radical (unpaired) electrons. The highest BCUT2D eigenvalue weighted by atomic mass is 32.2. The Morgan fingerprint density at radius 1 is 1.32 bits per heavy atom. The van der Waals surface area contributed by atoms with Gasteiger partial charge in [-0.05, 0) is 36.8 Å². The average molecular weight is 320 g/mol. The number of pyridine rings is 1. The molecule has 1 aromatic carbocycles. The van der Waals surface area contributed by atoms with Crippen molar-refractivity contribution in [2.24, 2.45) is 4.40 Å². The third-order valence-corrected chi connectivity index (χ3v) is 4.56. The summed E-state index contributed by atoms with van der Waals surface area (Å²) < 4.78 is 41.2. The molecule has 1 aromatic heterocycles. The standard InChI is InChI=1S/C14H13FN4O2S/c1-9(10-3-2-6-16-8-10)17-14-18-12-7-11(15)4-5-13(12)22(20,21)19-14/h2-9H,1H3,(H2,17,18,19). The second-order valence-electron chi connectivity index (χ2n) is 4.83. The number of anilines is 1. The van der Waals surface area contributed by atoms with Gasteiger partial charge in [0.25, 0.3) is 10.0 Å². The number of sulfonamides is 1. The van der Waals surface area contributed by atoms with Crippen LogP contribution in [0.2, 0.25) is 0 Å². The van der Waals surface area contributed by atoms with Crippen molar-refractivity contribution in [1.82, 2.24) is 10.3 Å². The number of hydrogen-bond donors (Lipinski definition) is 2. The van der Waals surface area contributed by atoms with Gasteiger partial charge in [-0.3, -0.25) is 4.98 Å². The van der Waals surface area contributed by atoms with Gasteiger partial charge in [-0.1, -0.05) is 6.07 Å². The number of halogens is 1. The number of nitrogens with zero attached hydrogens (tertiary/aromatic N) is 2. The minimum atomic E-state index is -3.86. The van der Waals surface area contributed by atoms with Crippen LogP contribution in [0, 0.1) is 5.82 Å². The summed E-state index contributed by atoms with van der Waals surface area (Å²) in [5, 5.41) is 5.74. The summed E-state index contributed by atoms with van der Waals surface area (Å²) in [5.74, 6) is -0.475. The van der Waals surface area contributed by atoms with Crippen LogP contribution in [0.15, 0.2) is 52.0 Å². The molecule has 0 saturated carbocycles. The van der Waals surface area contributed by atoms with E-state index in [-0.39, 0.29) is 22.6 Å². The molecule has 0 fully saturated rings. The molecule has 8 heteroatoms. The SMILES string of the molecule is CC(NC1=NS(=O)(=O)c2ccc(F)cc2N1)c1cccnc1. The Morgan fingerprint density at radius 3 is 2.86 bits per heavy atom. The first kappa shape index (κ1) is 14.5. The maximum absolute atomic E-state index is 13.3. The molecular weight excluding hydrogens is 307 g/mol. The van der Waals surface area contributed by atoms with Gasteiger partial charge in [0.15, 0.2) is 0 Å². The number of nitrogens with one attached hydrogen (secondary N) is 2. The van der Waals surface area contributed by atoms with Crippen molar-refractivity contribution in [2.45, 2.75) is 17.9 Å². The fraction of sp³-hybridized carbons (Fsp3) is 0.143. The van der Waals surface area contributed by atoms with E-state index in [2.05, 4.69) is 20.0 Å². The van der Waals surface area contributed by atoms with Crippen LogP contribution in [0.25, 0.3) is 0 Å². The molecule has 2 N–H and O–H groups in total. The molecule has 3 rings (SSSR count). The highest BCUT2D eigenvalue weighted by molar-refractivity contribution is 7.90. The van der Waals surface area contributed by atoms with E-state index < -0.39 is 15.8 Å². The predicted molar refractivity (Wildman–Crippen MR) is 80.4 cm³/mol. The number of rotatable bonds is 2. The lowest BCUT2D eigenvalue weighted by molar-refractivity contribution is 0.595. The van der Waals surface area contributed by atoms with E-state index in [0.717, 1.165) is 17.7 Å². The molecule has 0 saturated heterocycles. The van der Waals surface area contributed by atoms with E-state index in [1.165, 1.54) is 6.07 Å². The zero-order chi connectivity index (χ0) is 15.7. The average Bonchev–Trinajstić information content (AvgIpc) is 2.46. The van der Waals surface area contributed by atoms with Crippen molar-refractivity contribution < 1.29 is 12.8 Å². The first-order valence-corrected chi connectivity index (χ1v) is 7.98. The normalized spacial score (nSPS) is 16.9. The Hall–Kier alpha value is -2.48. The molecule has 2 aromatic rings. The van der Waals surface area contributed by atoms with Gasteiger partial charge < -0.3 is 10.6 Å². The monoisotopic (exact) mass is 320 g/mol. The summed E-state index contributed by atoms with van der Waals surface area (Å²) in [5.41, 5.74) is 1.03. The largest absolute Gasteiger partial charge is 0.349 e. The molecule has 0 bridgehead atoms. The van der Waals surface area contributed by atoms with Crippen LogP contribution in [0.4, 0.5) is 10.1 Å². The van der Waals surface area contributed by atoms with Gasteiger partial charge in [-0.2, -0.15) is 8.42 Å². The van der Waals surface area contributed by atoms with Gasteiger partial charge in [0.1, 0.15) is 10.7 Å². The second kappa shape index (κ2) is 5.38. The molecule has 0 spiro atoms. The maximum Gasteiger partial charge on any atom is 0.287 e. The second-order valence-corrected chi connectivity index (χ2v) is 6.41. The Bertz CT molecular complexity index is 837. The maximum atomic E-state index is 13.3. The van der Waals surface area contributed by atoms with Gasteiger partial charge in [0.05, 0.1) is 11.7 Å². The summed E-state index contributed by atoms with van der Waals surface area (Å²) in [6.07, 6.45) is 3.32. The minimum absolute atomic E-state index is 0.0477. The molecular formula is C14H13FN4O2S. The van der Waals surface area contributed by atoms with Crippen molar-refractivity contribution >= 4 is 21.7 Å². The lowest BCUT2D eigenvalue weighted by Crippen LogP contribution is -2.36. The summed E-state index contributed by atoms with van der Waals surface area (Å²) >= 11 is 0. The zero-order valence-electron chi connectivity index (χ0n) is 11.6. The lowest BCUT2D eigenvalue weighted by Gasteiger charge is -2.22. The van der Waals surface area contributed by atoms with Crippen LogP contribution in [-0.4, -0.2) is 19.4 Å². The van der Waals surface area contributed by atoms with Crippen LogP contribution >= 0.6 is 0 Å². The summed E-state index contributed by atoms with van der Waals surface area (Å²) in [7, 11) is -3.86. The van der Waals surface area contributed by atoms with Crippen molar-refractivity contribution in [1.29, 1.82) is 0 Å². The lowest BCUT2D eigenvalue weighted by atomic mass is 10.1. The Balaban J connectivity index is 1.89. The van der Waals surface area contributed by atoms with E-state index in [0.29, 0.717) is 0 Å². The van der Waals surface area contributed by atoms with Crippen molar-refractivity contribution in [3.8, 4) is 0 Å². The third kappa shape index (κ3) is 2.77. The molecule has 1 aliphatic rings. The van der Waals surface area contributed by atoms with Crippen LogP contribution < -0.4 is 10.6 Å². The quantitative estimate of drug-likeness (QED) is 0.885. The minimum Gasteiger partial charge on any atom is -0.349 e. The molecule has 114 valence electrons. The molecule has 6 nitrogen and oxygen atoms in total. The topological polar surface area (TPSA) is 83.5 Å². The van der Waals surface area contributed by atoms with E-state index in [4.69, 9.17) is 0 Å². The van der Waals surface area contributed by atoms with E-state index >= 15 is 0 Å². The molecule has 2 heterocycles. The van der Waals surface area contributed by atoms with Crippen LogP contribution in [0.3, 0.4) is 0 Å². The first-order chi connectivity index (χ1) is 10.5. The molecule has 1 atom stereocenters. The highest BCUT2D eigenvalue weighted by Crippen LogP contribution is 2.27. The number of fused-ring (bicyclic) bond motifs is 1. The molecule has 1 aliphatic heterocycles. The van der Waals surface area contributed by atoms with Crippen LogP contribution in [0.5, 0.6) is 0 Å². The summed E-state index contributed by atoms with van der Waals surface area (Å²) in [4.78, 5) is 3.96. The fourth-order valence-corrected chi connectivity index (χ4v) is 3.19. The molecule has 1 unspecified atom stereocenters. The molecule has 0 aliphatic carbocycles. The fourth-order valence-electron chi connectivity index (χ4n) is 2.13. The smallest absolute Gasteiger partial charge is 0.287 e. The Labute approximate surface area is 127 Å². The number of guanidine groups is 1. The van der Waals surface area contributed by atoms with Crippen LogP contribution in [-0.2, 0) is 10.0 Å². The van der Waals surface area contributed by atoms with E-state index in [9.17, 15) is 12.8 Å². The summed E-state index contributed by atoms with van der Waals surface area (Å²) in [6.45, 7) is 1.84. The van der Waals surface area contributed by atoms with Crippen molar-refractivity contribution in [3.63, 3.8) is 0 Å². The van der Waals surface area contributed by atoms with Crippen LogP contribution in [0.1, 0.15) is 18.5 Å². The third-order valence-electron chi connectivity index (χ3n) is 3.22. The van der Waals surface area contributed by atoms with Gasteiger partial charge >= 0.3 is 0 Å². The van der Waals surface area contributed by atoms with Gasteiger partial charge in [-0.25, -0.2) is 4.39 Å². The van der Waals surface area contributed by atoms with Crippen molar-refractivity contribution in [3.05, 3.63) is 54.1 Å². The van der Waals surface area contributed by atoms with E-state index in [1.54, 1.807) is 18.5 Å².